The SMILES string of the molecule is COc1ccc(S(=O)(=O)NC(CN)C2CC2)cn1. The first-order chi connectivity index (χ1) is 8.56. The lowest BCUT2D eigenvalue weighted by atomic mass is 10.2. The number of hydrogen-bond donors (Lipinski definition) is 2. The van der Waals surface area contributed by atoms with E-state index in [4.69, 9.17) is 10.5 Å². The molecule has 0 saturated heterocycles. The second-order valence-corrected chi connectivity index (χ2v) is 6.05. The minimum Gasteiger partial charge on any atom is -0.481 e. The van der Waals surface area contributed by atoms with Gasteiger partial charge < -0.3 is 10.5 Å². The maximum absolute atomic E-state index is 12.1. The first-order valence-electron chi connectivity index (χ1n) is 5.79. The summed E-state index contributed by atoms with van der Waals surface area (Å²) >= 11 is 0. The van der Waals surface area contributed by atoms with Gasteiger partial charge in [-0.05, 0) is 24.8 Å². The van der Waals surface area contributed by atoms with Crippen molar-refractivity contribution in [2.75, 3.05) is 13.7 Å². The molecule has 0 amide bonds. The summed E-state index contributed by atoms with van der Waals surface area (Å²) in [5.74, 6) is 0.752. The van der Waals surface area contributed by atoms with Crippen molar-refractivity contribution < 1.29 is 13.2 Å². The zero-order valence-corrected chi connectivity index (χ0v) is 11.0. The van der Waals surface area contributed by atoms with Crippen LogP contribution >= 0.6 is 0 Å². The predicted octanol–water partition coefficient (Wildman–Crippen LogP) is 0.106. The molecule has 2 rings (SSSR count). The fourth-order valence-electron chi connectivity index (χ4n) is 1.75. The zero-order valence-electron chi connectivity index (χ0n) is 10.2. The van der Waals surface area contributed by atoms with E-state index < -0.39 is 10.0 Å². The van der Waals surface area contributed by atoms with Gasteiger partial charge in [0.25, 0.3) is 0 Å². The Hall–Kier alpha value is -1.18. The molecule has 1 atom stereocenters. The third-order valence-electron chi connectivity index (χ3n) is 2.98. The van der Waals surface area contributed by atoms with Crippen molar-refractivity contribution in [3.8, 4) is 5.88 Å². The van der Waals surface area contributed by atoms with Gasteiger partial charge >= 0.3 is 0 Å². The van der Waals surface area contributed by atoms with Crippen LogP contribution in [-0.4, -0.2) is 33.1 Å². The minimum absolute atomic E-state index is 0.127. The normalized spacial score (nSPS) is 17.4. The molecule has 0 aromatic carbocycles. The first kappa shape index (κ1) is 13.3. The number of ether oxygens (including phenoxy) is 1. The molecule has 1 saturated carbocycles. The summed E-state index contributed by atoms with van der Waals surface area (Å²) in [6.07, 6.45) is 3.35. The van der Waals surface area contributed by atoms with Gasteiger partial charge in [0.1, 0.15) is 4.90 Å². The van der Waals surface area contributed by atoms with E-state index in [1.807, 2.05) is 0 Å². The van der Waals surface area contributed by atoms with Crippen molar-refractivity contribution in [3.63, 3.8) is 0 Å². The molecular formula is C11H17N3O3S. The van der Waals surface area contributed by atoms with Crippen LogP contribution in [0.1, 0.15) is 12.8 Å². The van der Waals surface area contributed by atoms with Gasteiger partial charge in [-0.1, -0.05) is 0 Å². The van der Waals surface area contributed by atoms with Crippen LogP contribution in [-0.2, 0) is 10.0 Å². The molecule has 1 fully saturated rings. The molecule has 100 valence electrons. The van der Waals surface area contributed by atoms with Crippen molar-refractivity contribution in [1.82, 2.24) is 9.71 Å². The largest absolute Gasteiger partial charge is 0.481 e. The van der Waals surface area contributed by atoms with E-state index in [-0.39, 0.29) is 10.9 Å². The van der Waals surface area contributed by atoms with Crippen LogP contribution < -0.4 is 15.2 Å². The van der Waals surface area contributed by atoms with Crippen molar-refractivity contribution >= 4 is 10.0 Å². The number of pyridine rings is 1. The number of aromatic nitrogens is 1. The van der Waals surface area contributed by atoms with Gasteiger partial charge in [-0.25, -0.2) is 18.1 Å². The summed E-state index contributed by atoms with van der Waals surface area (Å²) in [6, 6.07) is 2.80. The number of methoxy groups -OCH3 is 1. The topological polar surface area (TPSA) is 94.3 Å². The summed E-state index contributed by atoms with van der Waals surface area (Å²) in [5, 5.41) is 0. The van der Waals surface area contributed by atoms with E-state index in [1.54, 1.807) is 0 Å². The third kappa shape index (κ3) is 2.98. The van der Waals surface area contributed by atoms with E-state index in [0.717, 1.165) is 12.8 Å². The van der Waals surface area contributed by atoms with Gasteiger partial charge in [-0.15, -0.1) is 0 Å². The third-order valence-corrected chi connectivity index (χ3v) is 4.46. The number of rotatable bonds is 6. The van der Waals surface area contributed by atoms with Crippen LogP contribution in [0.15, 0.2) is 23.2 Å². The van der Waals surface area contributed by atoms with Crippen LogP contribution in [0, 0.1) is 5.92 Å². The molecule has 0 spiro atoms. The van der Waals surface area contributed by atoms with E-state index >= 15 is 0 Å². The molecule has 1 aromatic rings. The average molecular weight is 271 g/mol. The molecule has 1 heterocycles. The van der Waals surface area contributed by atoms with Crippen molar-refractivity contribution in [2.24, 2.45) is 11.7 Å². The van der Waals surface area contributed by atoms with Gasteiger partial charge in [0.15, 0.2) is 0 Å². The lowest BCUT2D eigenvalue weighted by Crippen LogP contribution is -2.41. The van der Waals surface area contributed by atoms with Crippen LogP contribution in [0.25, 0.3) is 0 Å². The summed E-state index contributed by atoms with van der Waals surface area (Å²) in [6.45, 7) is 0.313. The quantitative estimate of drug-likeness (QED) is 0.765. The summed E-state index contributed by atoms with van der Waals surface area (Å²) in [7, 11) is -2.07. The summed E-state index contributed by atoms with van der Waals surface area (Å²) < 4.78 is 31.7. The van der Waals surface area contributed by atoms with Crippen molar-refractivity contribution in [2.45, 2.75) is 23.8 Å². The Bertz CT molecular complexity index is 497. The Morgan fingerprint density at radius 3 is 2.72 bits per heavy atom. The second kappa shape index (κ2) is 5.21. The molecule has 3 N–H and O–H groups in total. The van der Waals surface area contributed by atoms with E-state index in [1.165, 1.54) is 25.4 Å². The lowest BCUT2D eigenvalue weighted by Gasteiger charge is -2.16. The highest BCUT2D eigenvalue weighted by Gasteiger charge is 2.33. The number of nitrogens with zero attached hydrogens (tertiary/aromatic N) is 1. The molecule has 1 unspecified atom stereocenters. The summed E-state index contributed by atoms with van der Waals surface area (Å²) in [4.78, 5) is 4.01. The highest BCUT2D eigenvalue weighted by molar-refractivity contribution is 7.89. The Balaban J connectivity index is 2.13. The average Bonchev–Trinajstić information content (AvgIpc) is 3.20. The summed E-state index contributed by atoms with van der Waals surface area (Å²) in [5.41, 5.74) is 5.58. The van der Waals surface area contributed by atoms with Gasteiger partial charge in [0, 0.05) is 18.7 Å². The molecule has 1 aliphatic rings. The second-order valence-electron chi connectivity index (χ2n) is 4.34. The molecule has 0 radical (unpaired) electrons. The minimum atomic E-state index is -3.55. The first-order valence-corrected chi connectivity index (χ1v) is 7.27. The van der Waals surface area contributed by atoms with Crippen molar-refractivity contribution in [3.05, 3.63) is 18.3 Å². The smallest absolute Gasteiger partial charge is 0.242 e. The highest BCUT2D eigenvalue weighted by Crippen LogP contribution is 2.32. The van der Waals surface area contributed by atoms with Crippen molar-refractivity contribution in [1.29, 1.82) is 0 Å². The molecule has 7 heteroatoms. The molecule has 0 aliphatic heterocycles. The van der Waals surface area contributed by atoms with E-state index in [0.29, 0.717) is 18.3 Å². The van der Waals surface area contributed by atoms with Gasteiger partial charge in [-0.3, -0.25) is 0 Å². The van der Waals surface area contributed by atoms with Crippen LogP contribution in [0.4, 0.5) is 0 Å². The number of nitrogens with two attached hydrogens (primary N) is 1. The van der Waals surface area contributed by atoms with Gasteiger partial charge in [-0.2, -0.15) is 0 Å². The Morgan fingerprint density at radius 2 is 2.28 bits per heavy atom. The predicted molar refractivity (Wildman–Crippen MR) is 66.7 cm³/mol. The van der Waals surface area contributed by atoms with Crippen LogP contribution in [0.3, 0.4) is 0 Å². The zero-order chi connectivity index (χ0) is 13.2. The van der Waals surface area contributed by atoms with E-state index in [9.17, 15) is 8.42 Å². The molecule has 1 aromatic heterocycles. The number of sulfonamides is 1. The molecule has 6 nitrogen and oxygen atoms in total. The monoisotopic (exact) mass is 271 g/mol. The van der Waals surface area contributed by atoms with E-state index in [2.05, 4.69) is 9.71 Å². The number of hydrogen-bond acceptors (Lipinski definition) is 5. The fourth-order valence-corrected chi connectivity index (χ4v) is 3.01. The number of nitrogens with one attached hydrogen (secondary N) is 1. The fraction of sp³-hybridized carbons (Fsp3) is 0.545. The van der Waals surface area contributed by atoms with Crippen LogP contribution in [0.2, 0.25) is 0 Å². The van der Waals surface area contributed by atoms with Crippen LogP contribution in [0.5, 0.6) is 5.88 Å². The Labute approximate surface area is 107 Å². The highest BCUT2D eigenvalue weighted by atomic mass is 32.2. The van der Waals surface area contributed by atoms with Gasteiger partial charge in [0.05, 0.1) is 13.3 Å². The maximum Gasteiger partial charge on any atom is 0.242 e. The molecule has 18 heavy (non-hydrogen) atoms. The van der Waals surface area contributed by atoms with Gasteiger partial charge in [0.2, 0.25) is 15.9 Å². The molecule has 0 bridgehead atoms. The molecular weight excluding hydrogens is 254 g/mol. The Morgan fingerprint density at radius 1 is 1.56 bits per heavy atom. The maximum atomic E-state index is 12.1. The standard InChI is InChI=1S/C11H17N3O3S/c1-17-11-5-4-9(7-13-11)18(15,16)14-10(6-12)8-2-3-8/h4-5,7-8,10,14H,2-3,6,12H2,1H3. The Kier molecular flexibility index (Phi) is 3.84. The lowest BCUT2D eigenvalue weighted by molar-refractivity contribution is 0.397. The molecule has 1 aliphatic carbocycles.